The fourth-order valence-corrected chi connectivity index (χ4v) is 3.13. The molecule has 2 rings (SSSR count). The number of nitrogens with zero attached hydrogens (tertiary/aromatic N) is 1. The summed E-state index contributed by atoms with van der Waals surface area (Å²) in [6.45, 7) is 0.0462. The first kappa shape index (κ1) is 14.7. The zero-order valence-electron chi connectivity index (χ0n) is 10.3. The number of benzene rings is 1. The number of halogens is 2. The molecule has 6 nitrogen and oxygen atoms in total. The maximum atomic E-state index is 13.4. The number of nitrogens with two attached hydrogens (primary N) is 2. The highest BCUT2D eigenvalue weighted by molar-refractivity contribution is 7.89. The SMILES string of the molecule is Nc1c(N2CC(CS(N)(=O)=O)CC2=O)ccc(F)c1F. The Kier molecular flexibility index (Phi) is 3.65. The Balaban J connectivity index is 2.27. The molecule has 20 heavy (non-hydrogen) atoms. The van der Waals surface area contributed by atoms with Crippen LogP contribution in [0.15, 0.2) is 12.1 Å². The van der Waals surface area contributed by atoms with Crippen molar-refractivity contribution >= 4 is 27.3 Å². The molecule has 0 bridgehead atoms. The molecule has 1 atom stereocenters. The minimum Gasteiger partial charge on any atom is -0.395 e. The van der Waals surface area contributed by atoms with E-state index in [0.717, 1.165) is 11.0 Å². The van der Waals surface area contributed by atoms with E-state index in [1.165, 1.54) is 6.07 Å². The smallest absolute Gasteiger partial charge is 0.227 e. The summed E-state index contributed by atoms with van der Waals surface area (Å²) in [5.41, 5.74) is 5.00. The van der Waals surface area contributed by atoms with Gasteiger partial charge in [0.25, 0.3) is 0 Å². The van der Waals surface area contributed by atoms with Gasteiger partial charge in [-0.2, -0.15) is 0 Å². The van der Waals surface area contributed by atoms with Crippen molar-refractivity contribution in [3.63, 3.8) is 0 Å². The van der Waals surface area contributed by atoms with Gasteiger partial charge >= 0.3 is 0 Å². The van der Waals surface area contributed by atoms with Gasteiger partial charge in [-0.1, -0.05) is 0 Å². The van der Waals surface area contributed by atoms with Crippen molar-refractivity contribution in [2.24, 2.45) is 11.1 Å². The standard InChI is InChI=1S/C11H13F2N3O3S/c12-7-1-2-8(11(14)10(7)13)16-4-6(3-9(16)17)5-20(15,18)19/h1-2,6H,3-5,14H2,(H2,15,18,19). The van der Waals surface area contributed by atoms with E-state index in [2.05, 4.69) is 0 Å². The number of sulfonamides is 1. The van der Waals surface area contributed by atoms with E-state index < -0.39 is 39.2 Å². The molecule has 0 aromatic heterocycles. The Labute approximate surface area is 114 Å². The molecule has 9 heteroatoms. The van der Waals surface area contributed by atoms with Crippen LogP contribution in [-0.4, -0.2) is 26.6 Å². The Morgan fingerprint density at radius 3 is 2.60 bits per heavy atom. The lowest BCUT2D eigenvalue weighted by Crippen LogP contribution is -2.28. The summed E-state index contributed by atoms with van der Waals surface area (Å²) in [5, 5.41) is 4.93. The average molecular weight is 305 g/mol. The Morgan fingerprint density at radius 2 is 2.00 bits per heavy atom. The molecule has 1 fully saturated rings. The molecule has 4 N–H and O–H groups in total. The van der Waals surface area contributed by atoms with Crippen LogP contribution in [-0.2, 0) is 14.8 Å². The van der Waals surface area contributed by atoms with Gasteiger partial charge < -0.3 is 10.6 Å². The van der Waals surface area contributed by atoms with Gasteiger partial charge in [0.15, 0.2) is 11.6 Å². The monoisotopic (exact) mass is 305 g/mol. The van der Waals surface area contributed by atoms with Crippen molar-refractivity contribution in [3.05, 3.63) is 23.8 Å². The number of anilines is 2. The van der Waals surface area contributed by atoms with Gasteiger partial charge in [0, 0.05) is 18.9 Å². The average Bonchev–Trinajstić information content (AvgIpc) is 2.65. The first-order chi connectivity index (χ1) is 9.19. The topological polar surface area (TPSA) is 106 Å². The highest BCUT2D eigenvalue weighted by Crippen LogP contribution is 2.32. The maximum absolute atomic E-state index is 13.4. The highest BCUT2D eigenvalue weighted by Gasteiger charge is 2.34. The fourth-order valence-electron chi connectivity index (χ4n) is 2.25. The third-order valence-electron chi connectivity index (χ3n) is 3.07. The van der Waals surface area contributed by atoms with Gasteiger partial charge in [-0.25, -0.2) is 22.3 Å². The number of amides is 1. The van der Waals surface area contributed by atoms with Gasteiger partial charge in [0.1, 0.15) is 0 Å². The number of nitrogen functional groups attached to an aromatic ring is 1. The molecule has 0 spiro atoms. The lowest BCUT2D eigenvalue weighted by atomic mass is 10.1. The summed E-state index contributed by atoms with van der Waals surface area (Å²) < 4.78 is 48.4. The van der Waals surface area contributed by atoms with Crippen molar-refractivity contribution in [2.75, 3.05) is 22.9 Å². The van der Waals surface area contributed by atoms with Crippen LogP contribution in [0.2, 0.25) is 0 Å². The number of carbonyl (C=O) groups is 1. The van der Waals surface area contributed by atoms with Gasteiger partial charge in [-0.05, 0) is 12.1 Å². The number of hydrogen-bond acceptors (Lipinski definition) is 4. The molecule has 110 valence electrons. The van der Waals surface area contributed by atoms with Gasteiger partial charge in [0.2, 0.25) is 15.9 Å². The molecule has 1 heterocycles. The second-order valence-electron chi connectivity index (χ2n) is 4.70. The van der Waals surface area contributed by atoms with Crippen LogP contribution in [0.25, 0.3) is 0 Å². The van der Waals surface area contributed by atoms with E-state index in [9.17, 15) is 22.0 Å². The van der Waals surface area contributed by atoms with Crippen molar-refractivity contribution in [2.45, 2.75) is 6.42 Å². The summed E-state index contributed by atoms with van der Waals surface area (Å²) in [6.07, 6.45) is -0.0329. The number of carbonyl (C=O) groups excluding carboxylic acids is 1. The fraction of sp³-hybridized carbons (Fsp3) is 0.364. The predicted octanol–water partition coefficient (Wildman–Crippen LogP) is 0.188. The van der Waals surface area contributed by atoms with Crippen molar-refractivity contribution in [1.82, 2.24) is 0 Å². The zero-order chi connectivity index (χ0) is 15.1. The zero-order valence-corrected chi connectivity index (χ0v) is 11.2. The number of primary sulfonamides is 1. The minimum atomic E-state index is -3.71. The Morgan fingerprint density at radius 1 is 1.35 bits per heavy atom. The molecule has 1 unspecified atom stereocenters. The van der Waals surface area contributed by atoms with E-state index in [1.54, 1.807) is 0 Å². The van der Waals surface area contributed by atoms with E-state index in [0.29, 0.717) is 0 Å². The maximum Gasteiger partial charge on any atom is 0.227 e. The quantitative estimate of drug-likeness (QED) is 0.777. The molecule has 0 aliphatic carbocycles. The molecular formula is C11H13F2N3O3S. The molecule has 1 aliphatic heterocycles. The van der Waals surface area contributed by atoms with Crippen molar-refractivity contribution < 1.29 is 22.0 Å². The second kappa shape index (κ2) is 4.98. The molecule has 1 aliphatic rings. The Bertz CT molecular complexity index is 663. The van der Waals surface area contributed by atoms with Crippen molar-refractivity contribution in [3.8, 4) is 0 Å². The van der Waals surface area contributed by atoms with Gasteiger partial charge in [0.05, 0.1) is 17.1 Å². The molecule has 1 aromatic carbocycles. The first-order valence-corrected chi connectivity index (χ1v) is 7.45. The summed E-state index contributed by atoms with van der Waals surface area (Å²) >= 11 is 0. The van der Waals surface area contributed by atoms with E-state index in [-0.39, 0.29) is 24.4 Å². The summed E-state index contributed by atoms with van der Waals surface area (Å²) in [7, 11) is -3.71. The van der Waals surface area contributed by atoms with Crippen LogP contribution in [0, 0.1) is 17.6 Å². The lowest BCUT2D eigenvalue weighted by molar-refractivity contribution is -0.117. The van der Waals surface area contributed by atoms with E-state index in [1.807, 2.05) is 0 Å². The van der Waals surface area contributed by atoms with Crippen LogP contribution in [0.4, 0.5) is 20.2 Å². The van der Waals surface area contributed by atoms with Crippen LogP contribution in [0.3, 0.4) is 0 Å². The Hall–Kier alpha value is -1.74. The van der Waals surface area contributed by atoms with Crippen LogP contribution in [0.1, 0.15) is 6.42 Å². The predicted molar refractivity (Wildman–Crippen MR) is 69.2 cm³/mol. The first-order valence-electron chi connectivity index (χ1n) is 5.73. The largest absolute Gasteiger partial charge is 0.395 e. The summed E-state index contributed by atoms with van der Waals surface area (Å²) in [4.78, 5) is 13.0. The van der Waals surface area contributed by atoms with Crippen LogP contribution < -0.4 is 15.8 Å². The number of rotatable bonds is 3. The van der Waals surface area contributed by atoms with Gasteiger partial charge in [-0.15, -0.1) is 0 Å². The third-order valence-corrected chi connectivity index (χ3v) is 4.01. The molecule has 0 radical (unpaired) electrons. The molecule has 1 saturated heterocycles. The molecule has 1 aromatic rings. The number of hydrogen-bond donors (Lipinski definition) is 2. The van der Waals surface area contributed by atoms with Crippen LogP contribution >= 0.6 is 0 Å². The summed E-state index contributed by atoms with van der Waals surface area (Å²) in [6, 6.07) is 2.05. The molecule has 0 saturated carbocycles. The normalized spacial score (nSPS) is 19.6. The van der Waals surface area contributed by atoms with Crippen molar-refractivity contribution in [1.29, 1.82) is 0 Å². The van der Waals surface area contributed by atoms with E-state index in [4.69, 9.17) is 10.9 Å². The highest BCUT2D eigenvalue weighted by atomic mass is 32.2. The van der Waals surface area contributed by atoms with E-state index >= 15 is 0 Å². The lowest BCUT2D eigenvalue weighted by Gasteiger charge is -2.19. The second-order valence-corrected chi connectivity index (χ2v) is 6.36. The molecule has 1 amide bonds. The minimum absolute atomic E-state index is 0.0329. The van der Waals surface area contributed by atoms with Crippen LogP contribution in [0.5, 0.6) is 0 Å². The third kappa shape index (κ3) is 2.88. The summed E-state index contributed by atoms with van der Waals surface area (Å²) in [5.74, 6) is -3.59. The molecular weight excluding hydrogens is 292 g/mol. The van der Waals surface area contributed by atoms with Gasteiger partial charge in [-0.3, -0.25) is 4.79 Å².